The fraction of sp³-hybridized carbons (Fsp3) is 0.562. The summed E-state index contributed by atoms with van der Waals surface area (Å²) in [5.41, 5.74) is 0.600. The molecule has 0 radical (unpaired) electrons. The molecule has 2 N–H and O–H groups in total. The Balaban J connectivity index is 2.06. The molecule has 1 aliphatic heterocycles. The van der Waals surface area contributed by atoms with Gasteiger partial charge in [-0.3, -0.25) is 4.79 Å². The first-order valence-corrected chi connectivity index (χ1v) is 9.51. The first-order valence-electron chi connectivity index (χ1n) is 8.07. The number of hydrogen-bond donors (Lipinski definition) is 2. The molecule has 0 spiro atoms. The van der Waals surface area contributed by atoms with Crippen LogP contribution in [0.3, 0.4) is 0 Å². The fourth-order valence-electron chi connectivity index (χ4n) is 2.86. The number of piperazine rings is 1. The minimum atomic E-state index is -3.46. The predicted molar refractivity (Wildman–Crippen MR) is 90.0 cm³/mol. The van der Waals surface area contributed by atoms with E-state index in [0.29, 0.717) is 24.8 Å². The first kappa shape index (κ1) is 17.9. The summed E-state index contributed by atoms with van der Waals surface area (Å²) in [5, 5.41) is 2.64. The summed E-state index contributed by atoms with van der Waals surface area (Å²) >= 11 is 0. The summed E-state index contributed by atoms with van der Waals surface area (Å²) in [6.45, 7) is 8.59. The zero-order valence-electron chi connectivity index (χ0n) is 14.0. The van der Waals surface area contributed by atoms with Crippen LogP contribution in [0.2, 0.25) is 0 Å². The Kier molecular flexibility index (Phi) is 5.78. The van der Waals surface area contributed by atoms with Gasteiger partial charge in [-0.15, -0.1) is 0 Å². The minimum Gasteiger partial charge on any atom is -0.331 e. The number of carbonyl (C=O) groups is 1. The van der Waals surface area contributed by atoms with Crippen LogP contribution in [0, 0.1) is 0 Å². The van der Waals surface area contributed by atoms with Gasteiger partial charge in [0.15, 0.2) is 0 Å². The predicted octanol–water partition coefficient (Wildman–Crippen LogP) is 0.333. The molecule has 6 nitrogen and oxygen atoms in total. The van der Waals surface area contributed by atoms with Crippen molar-refractivity contribution in [2.75, 3.05) is 31.5 Å². The van der Waals surface area contributed by atoms with E-state index in [0.717, 1.165) is 19.5 Å². The van der Waals surface area contributed by atoms with E-state index in [-0.39, 0.29) is 10.8 Å². The molecule has 1 aliphatic rings. The third kappa shape index (κ3) is 4.31. The average molecular weight is 340 g/mol. The lowest BCUT2D eigenvalue weighted by Crippen LogP contribution is -3.17. The lowest BCUT2D eigenvalue weighted by Gasteiger charge is -2.34. The molecule has 0 aliphatic carbocycles. The molecule has 0 bridgehead atoms. The lowest BCUT2D eigenvalue weighted by molar-refractivity contribution is -0.927. The average Bonchev–Trinajstić information content (AvgIpc) is 2.54. The molecule has 1 amide bonds. The van der Waals surface area contributed by atoms with E-state index in [1.54, 1.807) is 28.6 Å². The summed E-state index contributed by atoms with van der Waals surface area (Å²) in [6, 6.07) is 6.91. The van der Waals surface area contributed by atoms with Crippen LogP contribution < -0.4 is 10.2 Å². The maximum Gasteiger partial charge on any atom is 0.243 e. The van der Waals surface area contributed by atoms with Crippen molar-refractivity contribution in [3.8, 4) is 0 Å². The molecule has 128 valence electrons. The fourth-order valence-corrected chi connectivity index (χ4v) is 4.30. The molecular formula is C16H26N3O3S+. The van der Waals surface area contributed by atoms with Crippen LogP contribution in [-0.2, 0) is 14.8 Å². The molecule has 2 rings (SSSR count). The molecule has 0 saturated carbocycles. The quantitative estimate of drug-likeness (QED) is 0.812. The van der Waals surface area contributed by atoms with Crippen LogP contribution in [0.5, 0.6) is 0 Å². The monoisotopic (exact) mass is 340 g/mol. The topological polar surface area (TPSA) is 70.9 Å². The summed E-state index contributed by atoms with van der Waals surface area (Å²) in [4.78, 5) is 12.8. The van der Waals surface area contributed by atoms with Crippen molar-refractivity contribution in [3.05, 3.63) is 24.3 Å². The number of hydrogen-bond acceptors (Lipinski definition) is 3. The Morgan fingerprint density at radius 2 is 1.83 bits per heavy atom. The Morgan fingerprint density at radius 1 is 1.26 bits per heavy atom. The van der Waals surface area contributed by atoms with E-state index in [2.05, 4.69) is 19.2 Å². The molecule has 1 aromatic rings. The Bertz CT molecular complexity index is 635. The number of nitrogens with zero attached hydrogens (tertiary/aromatic N) is 1. The molecule has 0 unspecified atom stereocenters. The van der Waals surface area contributed by atoms with Gasteiger partial charge in [0.05, 0.1) is 37.1 Å². The van der Waals surface area contributed by atoms with Crippen molar-refractivity contribution in [1.82, 2.24) is 4.31 Å². The zero-order valence-corrected chi connectivity index (χ0v) is 14.8. The largest absolute Gasteiger partial charge is 0.331 e. The second-order valence-electron chi connectivity index (χ2n) is 6.08. The van der Waals surface area contributed by atoms with E-state index in [1.807, 2.05) is 0 Å². The van der Waals surface area contributed by atoms with Crippen molar-refractivity contribution in [3.63, 3.8) is 0 Å². The van der Waals surface area contributed by atoms with Crippen LogP contribution >= 0.6 is 0 Å². The van der Waals surface area contributed by atoms with Crippen molar-refractivity contribution in [2.24, 2.45) is 0 Å². The van der Waals surface area contributed by atoms with Gasteiger partial charge in [0, 0.05) is 12.6 Å². The van der Waals surface area contributed by atoms with Crippen LogP contribution in [0.1, 0.15) is 27.2 Å². The lowest BCUT2D eigenvalue weighted by atomic mass is 10.2. The van der Waals surface area contributed by atoms with Crippen molar-refractivity contribution in [1.29, 1.82) is 0 Å². The zero-order chi connectivity index (χ0) is 17.0. The SMILES string of the molecule is CC[C@H](C)[NH+]1CCN(S(=O)(=O)c2ccc(NC(C)=O)cc2)CC1. The van der Waals surface area contributed by atoms with Gasteiger partial charge in [-0.05, 0) is 37.6 Å². The number of rotatable bonds is 5. The highest BCUT2D eigenvalue weighted by Gasteiger charge is 2.31. The van der Waals surface area contributed by atoms with E-state index >= 15 is 0 Å². The van der Waals surface area contributed by atoms with Gasteiger partial charge in [-0.2, -0.15) is 4.31 Å². The first-order chi connectivity index (χ1) is 10.8. The molecule has 7 heteroatoms. The molecule has 1 fully saturated rings. The molecule has 23 heavy (non-hydrogen) atoms. The number of benzene rings is 1. The highest BCUT2D eigenvalue weighted by atomic mass is 32.2. The number of sulfonamides is 1. The highest BCUT2D eigenvalue weighted by Crippen LogP contribution is 2.18. The van der Waals surface area contributed by atoms with Gasteiger partial charge >= 0.3 is 0 Å². The molecule has 0 aromatic heterocycles. The number of amides is 1. The molecular weight excluding hydrogens is 314 g/mol. The second-order valence-corrected chi connectivity index (χ2v) is 8.02. The summed E-state index contributed by atoms with van der Waals surface area (Å²) in [6.07, 6.45) is 1.10. The summed E-state index contributed by atoms with van der Waals surface area (Å²) in [7, 11) is -3.46. The van der Waals surface area contributed by atoms with Crippen LogP contribution in [0.25, 0.3) is 0 Å². The third-order valence-corrected chi connectivity index (χ3v) is 6.40. The van der Waals surface area contributed by atoms with Crippen molar-refractivity contribution in [2.45, 2.75) is 38.1 Å². The van der Waals surface area contributed by atoms with Gasteiger partial charge in [-0.1, -0.05) is 6.92 Å². The number of anilines is 1. The van der Waals surface area contributed by atoms with E-state index in [1.165, 1.54) is 11.8 Å². The van der Waals surface area contributed by atoms with Crippen molar-refractivity contribution >= 4 is 21.6 Å². The van der Waals surface area contributed by atoms with Crippen LogP contribution in [0.15, 0.2) is 29.2 Å². The van der Waals surface area contributed by atoms with E-state index in [4.69, 9.17) is 0 Å². The van der Waals surface area contributed by atoms with Gasteiger partial charge in [0.1, 0.15) is 0 Å². The number of nitrogens with one attached hydrogen (secondary N) is 2. The van der Waals surface area contributed by atoms with Gasteiger partial charge < -0.3 is 10.2 Å². The summed E-state index contributed by atoms with van der Waals surface area (Å²) < 4.78 is 27.0. The van der Waals surface area contributed by atoms with E-state index in [9.17, 15) is 13.2 Å². The van der Waals surface area contributed by atoms with Crippen LogP contribution in [-0.4, -0.2) is 50.9 Å². The third-order valence-electron chi connectivity index (χ3n) is 4.49. The smallest absolute Gasteiger partial charge is 0.243 e. The minimum absolute atomic E-state index is 0.176. The molecule has 1 atom stereocenters. The van der Waals surface area contributed by atoms with Crippen molar-refractivity contribution < 1.29 is 18.1 Å². The van der Waals surface area contributed by atoms with Gasteiger partial charge in [0.2, 0.25) is 15.9 Å². The summed E-state index contributed by atoms with van der Waals surface area (Å²) in [5.74, 6) is -0.176. The molecule has 1 heterocycles. The Labute approximate surface area is 138 Å². The van der Waals surface area contributed by atoms with Gasteiger partial charge in [0.25, 0.3) is 0 Å². The molecule has 1 saturated heterocycles. The Morgan fingerprint density at radius 3 is 2.30 bits per heavy atom. The maximum absolute atomic E-state index is 12.7. The van der Waals surface area contributed by atoms with Crippen LogP contribution in [0.4, 0.5) is 5.69 Å². The number of carbonyl (C=O) groups excluding carboxylic acids is 1. The number of quaternary nitrogens is 1. The second kappa shape index (κ2) is 7.42. The van der Waals surface area contributed by atoms with Gasteiger partial charge in [-0.25, -0.2) is 8.42 Å². The normalized spacial score (nSPS) is 18.6. The maximum atomic E-state index is 12.7. The molecule has 1 aromatic carbocycles. The Hall–Kier alpha value is -1.44. The standard InChI is InChI=1S/C16H25N3O3S/c1-4-13(2)18-9-11-19(12-10-18)23(21,22)16-7-5-15(6-8-16)17-14(3)20/h5-8,13H,4,9-12H2,1-3H3,(H,17,20)/p+1/t13-/m0/s1. The van der Waals surface area contributed by atoms with E-state index < -0.39 is 10.0 Å². The highest BCUT2D eigenvalue weighted by molar-refractivity contribution is 7.89.